The topological polar surface area (TPSA) is 37.3 Å². The van der Waals surface area contributed by atoms with Crippen LogP contribution >= 0.6 is 0 Å². The first-order chi connectivity index (χ1) is 10.8. The SMILES string of the molecule is CC(=O)[C@H]1CC[C@H]2[C@@H]3CCC4C[C@@](C)(O)CC[C@@H]4[C@H]3CCC12C. The van der Waals surface area contributed by atoms with Gasteiger partial charge < -0.3 is 5.11 Å². The Hall–Kier alpha value is -0.370. The van der Waals surface area contributed by atoms with E-state index in [1.807, 2.05) is 13.8 Å². The third kappa shape index (κ3) is 2.42. The third-order valence-electron chi connectivity index (χ3n) is 8.73. The maximum atomic E-state index is 12.1. The van der Waals surface area contributed by atoms with Crippen molar-refractivity contribution in [1.82, 2.24) is 0 Å². The Balaban J connectivity index is 1.56. The van der Waals surface area contributed by atoms with Gasteiger partial charge in [-0.15, -0.1) is 0 Å². The van der Waals surface area contributed by atoms with Crippen molar-refractivity contribution in [1.29, 1.82) is 0 Å². The van der Waals surface area contributed by atoms with Gasteiger partial charge >= 0.3 is 0 Å². The van der Waals surface area contributed by atoms with Gasteiger partial charge in [0.1, 0.15) is 5.78 Å². The number of hydrogen-bond acceptors (Lipinski definition) is 2. The summed E-state index contributed by atoms with van der Waals surface area (Å²) in [5.74, 6) is 4.92. The molecule has 4 rings (SSSR count). The van der Waals surface area contributed by atoms with Crippen LogP contribution in [0.3, 0.4) is 0 Å². The molecule has 0 bridgehead atoms. The standard InChI is InChI=1S/C21H34O2/c1-13(22)18-6-7-19-17-5-4-14-12-20(2,23)10-8-15(14)16(17)9-11-21(18,19)3/h14-19,23H,4-12H2,1-3H3/t14?,15-,16+,17+,18+,19-,20-,21?/m0/s1. The Morgan fingerprint density at radius 1 is 0.913 bits per heavy atom. The maximum absolute atomic E-state index is 12.1. The first-order valence-corrected chi connectivity index (χ1v) is 10.0. The van der Waals surface area contributed by atoms with E-state index >= 15 is 0 Å². The van der Waals surface area contributed by atoms with Gasteiger partial charge in [0.25, 0.3) is 0 Å². The van der Waals surface area contributed by atoms with Crippen LogP contribution in [-0.4, -0.2) is 16.5 Å². The molecule has 0 amide bonds. The van der Waals surface area contributed by atoms with Crippen LogP contribution in [0.15, 0.2) is 0 Å². The van der Waals surface area contributed by atoms with Gasteiger partial charge in [0, 0.05) is 5.92 Å². The van der Waals surface area contributed by atoms with Gasteiger partial charge in [-0.2, -0.15) is 0 Å². The average Bonchev–Trinajstić information content (AvgIpc) is 2.83. The van der Waals surface area contributed by atoms with Crippen molar-refractivity contribution in [3.8, 4) is 0 Å². The van der Waals surface area contributed by atoms with Crippen LogP contribution in [-0.2, 0) is 4.79 Å². The van der Waals surface area contributed by atoms with Gasteiger partial charge in [-0.1, -0.05) is 6.92 Å². The number of carbonyl (C=O) groups is 1. The summed E-state index contributed by atoms with van der Waals surface area (Å²) < 4.78 is 0. The van der Waals surface area contributed by atoms with E-state index in [4.69, 9.17) is 0 Å². The minimum atomic E-state index is -0.412. The van der Waals surface area contributed by atoms with E-state index < -0.39 is 5.60 Å². The average molecular weight is 319 g/mol. The summed E-state index contributed by atoms with van der Waals surface area (Å²) in [4.78, 5) is 12.1. The first kappa shape index (κ1) is 16.1. The van der Waals surface area contributed by atoms with E-state index in [1.54, 1.807) is 0 Å². The molecule has 2 heteroatoms. The van der Waals surface area contributed by atoms with Crippen LogP contribution in [0.2, 0.25) is 0 Å². The molecule has 2 unspecified atom stereocenters. The summed E-state index contributed by atoms with van der Waals surface area (Å²) in [7, 11) is 0. The Morgan fingerprint density at radius 3 is 2.39 bits per heavy atom. The molecule has 0 spiro atoms. The van der Waals surface area contributed by atoms with Crippen LogP contribution in [0, 0.1) is 40.9 Å². The van der Waals surface area contributed by atoms with Crippen molar-refractivity contribution in [3.63, 3.8) is 0 Å². The minimum Gasteiger partial charge on any atom is -0.390 e. The predicted molar refractivity (Wildman–Crippen MR) is 91.9 cm³/mol. The number of carbonyl (C=O) groups excluding carboxylic acids is 1. The van der Waals surface area contributed by atoms with Gasteiger partial charge in [-0.25, -0.2) is 0 Å². The summed E-state index contributed by atoms with van der Waals surface area (Å²) in [5.41, 5.74) is -0.121. The highest BCUT2D eigenvalue weighted by atomic mass is 16.3. The van der Waals surface area contributed by atoms with Crippen molar-refractivity contribution >= 4 is 5.78 Å². The molecule has 130 valence electrons. The van der Waals surface area contributed by atoms with Gasteiger partial charge in [0.2, 0.25) is 0 Å². The van der Waals surface area contributed by atoms with Crippen molar-refractivity contribution in [2.24, 2.45) is 40.9 Å². The van der Waals surface area contributed by atoms with Crippen molar-refractivity contribution in [3.05, 3.63) is 0 Å². The molecule has 0 aromatic carbocycles. The number of hydrogen-bond donors (Lipinski definition) is 1. The van der Waals surface area contributed by atoms with Gasteiger partial charge in [-0.05, 0) is 107 Å². The van der Waals surface area contributed by atoms with Crippen LogP contribution in [0.5, 0.6) is 0 Å². The molecule has 23 heavy (non-hydrogen) atoms. The molecular formula is C21H34O2. The zero-order valence-corrected chi connectivity index (χ0v) is 15.2. The largest absolute Gasteiger partial charge is 0.390 e. The summed E-state index contributed by atoms with van der Waals surface area (Å²) >= 11 is 0. The van der Waals surface area contributed by atoms with Crippen LogP contribution in [0.1, 0.15) is 78.6 Å². The number of ketones is 1. The molecule has 0 aromatic rings. The Kier molecular flexibility index (Phi) is 3.72. The summed E-state index contributed by atoms with van der Waals surface area (Å²) in [6, 6.07) is 0. The monoisotopic (exact) mass is 318 g/mol. The zero-order chi connectivity index (χ0) is 16.4. The van der Waals surface area contributed by atoms with E-state index in [1.165, 1.54) is 38.5 Å². The second kappa shape index (κ2) is 5.31. The van der Waals surface area contributed by atoms with E-state index in [-0.39, 0.29) is 0 Å². The van der Waals surface area contributed by atoms with Crippen molar-refractivity contribution < 1.29 is 9.90 Å². The molecule has 1 N–H and O–H groups in total. The Bertz CT molecular complexity index is 496. The second-order valence-electron chi connectivity index (χ2n) is 9.96. The van der Waals surface area contributed by atoms with E-state index in [0.29, 0.717) is 17.1 Å². The van der Waals surface area contributed by atoms with Crippen molar-refractivity contribution in [2.75, 3.05) is 0 Å². The summed E-state index contributed by atoms with van der Waals surface area (Å²) in [5, 5.41) is 10.5. The van der Waals surface area contributed by atoms with Crippen LogP contribution < -0.4 is 0 Å². The smallest absolute Gasteiger partial charge is 0.133 e. The van der Waals surface area contributed by atoms with Crippen molar-refractivity contribution in [2.45, 2.75) is 84.2 Å². The molecule has 0 saturated heterocycles. The Morgan fingerprint density at radius 2 is 1.65 bits per heavy atom. The molecule has 0 aromatic heterocycles. The highest BCUT2D eigenvalue weighted by Crippen LogP contribution is 2.64. The van der Waals surface area contributed by atoms with Crippen LogP contribution in [0.4, 0.5) is 0 Å². The fourth-order valence-electron chi connectivity index (χ4n) is 7.75. The molecule has 4 aliphatic carbocycles. The number of Topliss-reactive ketones (excluding diaryl/α,β-unsaturated/α-hetero) is 1. The third-order valence-corrected chi connectivity index (χ3v) is 8.73. The number of rotatable bonds is 1. The molecule has 4 fully saturated rings. The zero-order valence-electron chi connectivity index (χ0n) is 15.2. The quantitative estimate of drug-likeness (QED) is 0.767. The number of fused-ring (bicyclic) bond motifs is 5. The second-order valence-corrected chi connectivity index (χ2v) is 9.96. The van der Waals surface area contributed by atoms with Gasteiger partial charge in [0.15, 0.2) is 0 Å². The van der Waals surface area contributed by atoms with Crippen LogP contribution in [0.25, 0.3) is 0 Å². The lowest BCUT2D eigenvalue weighted by Crippen LogP contribution is -2.50. The molecular weight excluding hydrogens is 284 g/mol. The molecule has 0 aliphatic heterocycles. The first-order valence-electron chi connectivity index (χ1n) is 10.0. The molecule has 0 radical (unpaired) electrons. The Labute approximate surface area is 141 Å². The fourth-order valence-corrected chi connectivity index (χ4v) is 7.75. The maximum Gasteiger partial charge on any atom is 0.133 e. The highest BCUT2D eigenvalue weighted by molar-refractivity contribution is 5.79. The van der Waals surface area contributed by atoms with E-state index in [9.17, 15) is 9.90 Å². The lowest BCUT2D eigenvalue weighted by molar-refractivity contribution is -0.130. The summed E-state index contributed by atoms with van der Waals surface area (Å²) in [6.07, 6.45) is 11.0. The predicted octanol–water partition coefficient (Wildman–Crippen LogP) is 4.60. The minimum absolute atomic E-state index is 0.292. The van der Waals surface area contributed by atoms with E-state index in [2.05, 4.69) is 6.92 Å². The molecule has 2 nitrogen and oxygen atoms in total. The summed E-state index contributed by atoms with van der Waals surface area (Å²) in [6.45, 7) is 6.30. The van der Waals surface area contributed by atoms with Gasteiger partial charge in [0.05, 0.1) is 5.60 Å². The molecule has 8 atom stereocenters. The molecule has 0 heterocycles. The number of aliphatic hydroxyl groups is 1. The lowest BCUT2D eigenvalue weighted by Gasteiger charge is -2.56. The fraction of sp³-hybridized carbons (Fsp3) is 0.952. The lowest BCUT2D eigenvalue weighted by atomic mass is 9.49. The van der Waals surface area contributed by atoms with Gasteiger partial charge in [-0.3, -0.25) is 4.79 Å². The molecule has 4 saturated carbocycles. The molecule has 4 aliphatic rings. The van der Waals surface area contributed by atoms with E-state index in [0.717, 1.165) is 48.9 Å². The normalized spacial score (nSPS) is 55.7. The highest BCUT2D eigenvalue weighted by Gasteiger charge is 2.58.